The number of likely N-dealkylation sites (tertiary alicyclic amines) is 1. The van der Waals surface area contributed by atoms with Crippen molar-refractivity contribution in [3.8, 4) is 11.4 Å². The maximum atomic E-state index is 15.4. The van der Waals surface area contributed by atoms with E-state index in [0.29, 0.717) is 41.1 Å². The predicted molar refractivity (Wildman–Crippen MR) is 128 cm³/mol. The van der Waals surface area contributed by atoms with Crippen molar-refractivity contribution in [3.63, 3.8) is 0 Å². The fraction of sp³-hybridized carbons (Fsp3) is 0.308. The van der Waals surface area contributed by atoms with Gasteiger partial charge in [-0.25, -0.2) is 18.7 Å². The SMILES string of the molecule is Cc1ccc(-c2ncccn2)c(C(=O)N2CCCC(C)C2CNc2nc3cc(F)ccc3o2)c1F. The molecule has 0 saturated carbocycles. The molecule has 1 amide bonds. The van der Waals surface area contributed by atoms with Gasteiger partial charge in [0.05, 0.1) is 11.6 Å². The van der Waals surface area contributed by atoms with Gasteiger partial charge >= 0.3 is 0 Å². The van der Waals surface area contributed by atoms with E-state index in [0.717, 1.165) is 12.8 Å². The van der Waals surface area contributed by atoms with Gasteiger partial charge in [-0.2, -0.15) is 4.98 Å². The first-order valence-corrected chi connectivity index (χ1v) is 11.6. The number of hydrogen-bond donors (Lipinski definition) is 1. The van der Waals surface area contributed by atoms with Gasteiger partial charge in [-0.15, -0.1) is 0 Å². The highest BCUT2D eigenvalue weighted by Gasteiger charge is 2.35. The molecule has 2 atom stereocenters. The second kappa shape index (κ2) is 9.40. The number of carbonyl (C=O) groups excluding carboxylic acids is 1. The van der Waals surface area contributed by atoms with E-state index in [2.05, 4.69) is 27.2 Å². The third kappa shape index (κ3) is 4.45. The molecular weight excluding hydrogens is 452 g/mol. The summed E-state index contributed by atoms with van der Waals surface area (Å²) in [5.41, 5.74) is 1.60. The highest BCUT2D eigenvalue weighted by Crippen LogP contribution is 2.31. The number of amides is 1. The Morgan fingerprint density at radius 3 is 2.80 bits per heavy atom. The molecular formula is C26H25F2N5O2. The molecule has 0 bridgehead atoms. The molecule has 2 aromatic heterocycles. The fourth-order valence-electron chi connectivity index (χ4n) is 4.64. The second-order valence-electron chi connectivity index (χ2n) is 8.89. The molecule has 3 heterocycles. The van der Waals surface area contributed by atoms with Crippen LogP contribution in [0.15, 0.2) is 53.2 Å². The maximum Gasteiger partial charge on any atom is 0.295 e. The summed E-state index contributed by atoms with van der Waals surface area (Å²) in [4.78, 5) is 28.3. The Morgan fingerprint density at radius 1 is 1.20 bits per heavy atom. The summed E-state index contributed by atoms with van der Waals surface area (Å²) in [5.74, 6) is -0.898. The average molecular weight is 478 g/mol. The van der Waals surface area contributed by atoms with Crippen molar-refractivity contribution in [2.75, 3.05) is 18.4 Å². The predicted octanol–water partition coefficient (Wildman–Crippen LogP) is 5.22. The highest BCUT2D eigenvalue weighted by atomic mass is 19.1. The monoisotopic (exact) mass is 477 g/mol. The van der Waals surface area contributed by atoms with Gasteiger partial charge in [0.2, 0.25) is 0 Å². The molecule has 35 heavy (non-hydrogen) atoms. The minimum absolute atomic E-state index is 0.0207. The molecule has 180 valence electrons. The van der Waals surface area contributed by atoms with Crippen LogP contribution in [0.3, 0.4) is 0 Å². The molecule has 2 aromatic carbocycles. The Morgan fingerprint density at radius 2 is 2.00 bits per heavy atom. The second-order valence-corrected chi connectivity index (χ2v) is 8.89. The fourth-order valence-corrected chi connectivity index (χ4v) is 4.64. The molecule has 1 aliphatic heterocycles. The first-order valence-electron chi connectivity index (χ1n) is 11.6. The first-order chi connectivity index (χ1) is 16.9. The van der Waals surface area contributed by atoms with E-state index >= 15 is 4.39 Å². The van der Waals surface area contributed by atoms with Crippen LogP contribution >= 0.6 is 0 Å². The zero-order valence-electron chi connectivity index (χ0n) is 19.5. The van der Waals surface area contributed by atoms with Crippen LogP contribution in [0.5, 0.6) is 0 Å². The number of nitrogens with zero attached hydrogens (tertiary/aromatic N) is 4. The molecule has 5 rings (SSSR count). The molecule has 0 aliphatic carbocycles. The van der Waals surface area contributed by atoms with Crippen LogP contribution in [0.4, 0.5) is 14.8 Å². The number of piperidine rings is 1. The molecule has 9 heteroatoms. The summed E-state index contributed by atoms with van der Waals surface area (Å²) in [6, 6.07) is 9.15. The smallest absolute Gasteiger partial charge is 0.295 e. The zero-order valence-corrected chi connectivity index (χ0v) is 19.5. The van der Waals surface area contributed by atoms with Crippen molar-refractivity contribution in [1.82, 2.24) is 19.9 Å². The van der Waals surface area contributed by atoms with E-state index in [-0.39, 0.29) is 23.5 Å². The van der Waals surface area contributed by atoms with Gasteiger partial charge in [-0.1, -0.05) is 13.0 Å². The first kappa shape index (κ1) is 22.9. The minimum atomic E-state index is -0.564. The van der Waals surface area contributed by atoms with E-state index < -0.39 is 17.5 Å². The Balaban J connectivity index is 1.45. The highest BCUT2D eigenvalue weighted by molar-refractivity contribution is 6.01. The van der Waals surface area contributed by atoms with Gasteiger partial charge in [0, 0.05) is 37.1 Å². The number of anilines is 1. The van der Waals surface area contributed by atoms with Crippen molar-refractivity contribution >= 4 is 23.0 Å². The van der Waals surface area contributed by atoms with Crippen LogP contribution in [0.2, 0.25) is 0 Å². The Hall–Kier alpha value is -3.88. The van der Waals surface area contributed by atoms with Crippen molar-refractivity contribution in [1.29, 1.82) is 0 Å². The number of rotatable bonds is 5. The number of hydrogen-bond acceptors (Lipinski definition) is 6. The van der Waals surface area contributed by atoms with Gasteiger partial charge in [0.25, 0.3) is 11.9 Å². The molecule has 2 unspecified atom stereocenters. The summed E-state index contributed by atoms with van der Waals surface area (Å²) in [7, 11) is 0. The van der Waals surface area contributed by atoms with Gasteiger partial charge < -0.3 is 14.6 Å². The number of aryl methyl sites for hydroxylation is 1. The van der Waals surface area contributed by atoms with E-state index in [4.69, 9.17) is 4.42 Å². The van der Waals surface area contributed by atoms with E-state index in [1.807, 2.05) is 0 Å². The number of oxazole rings is 1. The lowest BCUT2D eigenvalue weighted by Crippen LogP contribution is -2.51. The Labute approximate surface area is 201 Å². The number of nitrogens with one attached hydrogen (secondary N) is 1. The van der Waals surface area contributed by atoms with Crippen LogP contribution in [-0.2, 0) is 0 Å². The maximum absolute atomic E-state index is 15.4. The Bertz CT molecular complexity index is 1380. The minimum Gasteiger partial charge on any atom is -0.424 e. The van der Waals surface area contributed by atoms with Crippen molar-refractivity contribution < 1.29 is 18.0 Å². The normalized spacial score (nSPS) is 18.1. The molecule has 1 saturated heterocycles. The van der Waals surface area contributed by atoms with E-state index in [1.54, 1.807) is 42.4 Å². The number of fused-ring (bicyclic) bond motifs is 1. The number of aromatic nitrogens is 3. The third-order valence-corrected chi connectivity index (χ3v) is 6.54. The summed E-state index contributed by atoms with van der Waals surface area (Å²) in [5, 5.41) is 3.15. The molecule has 1 fully saturated rings. The lowest BCUT2D eigenvalue weighted by molar-refractivity contribution is 0.0535. The van der Waals surface area contributed by atoms with Crippen LogP contribution < -0.4 is 5.32 Å². The largest absolute Gasteiger partial charge is 0.424 e. The van der Waals surface area contributed by atoms with Crippen LogP contribution in [0, 0.1) is 24.5 Å². The molecule has 4 aromatic rings. The van der Waals surface area contributed by atoms with Crippen molar-refractivity contribution in [3.05, 3.63) is 71.6 Å². The average Bonchev–Trinajstić information content (AvgIpc) is 3.26. The number of benzene rings is 2. The molecule has 7 nitrogen and oxygen atoms in total. The topological polar surface area (TPSA) is 84.2 Å². The van der Waals surface area contributed by atoms with Crippen molar-refractivity contribution in [2.24, 2.45) is 5.92 Å². The van der Waals surface area contributed by atoms with Crippen LogP contribution in [0.25, 0.3) is 22.5 Å². The lowest BCUT2D eigenvalue weighted by atomic mass is 9.89. The van der Waals surface area contributed by atoms with Crippen LogP contribution in [0.1, 0.15) is 35.7 Å². The van der Waals surface area contributed by atoms with Crippen molar-refractivity contribution in [2.45, 2.75) is 32.7 Å². The van der Waals surface area contributed by atoms with E-state index in [1.165, 1.54) is 18.2 Å². The number of carbonyl (C=O) groups is 1. The van der Waals surface area contributed by atoms with Gasteiger partial charge in [-0.05, 0) is 55.5 Å². The summed E-state index contributed by atoms with van der Waals surface area (Å²) < 4.78 is 34.6. The molecule has 1 N–H and O–H groups in total. The molecule has 0 radical (unpaired) electrons. The summed E-state index contributed by atoms with van der Waals surface area (Å²) in [6.45, 7) is 4.56. The summed E-state index contributed by atoms with van der Waals surface area (Å²) >= 11 is 0. The standard InChI is InChI=1S/C26H25F2N5O2/c1-15-5-3-12-33(20(15)14-31-26-32-19-13-17(27)7-9-21(19)35-26)25(34)22-18(8-6-16(2)23(22)28)24-29-10-4-11-30-24/h4,6-11,13,15,20H,3,5,12,14H2,1-2H3,(H,31,32). The van der Waals surface area contributed by atoms with Gasteiger partial charge in [0.15, 0.2) is 11.4 Å². The Kier molecular flexibility index (Phi) is 6.15. The van der Waals surface area contributed by atoms with E-state index in [9.17, 15) is 9.18 Å². The third-order valence-electron chi connectivity index (χ3n) is 6.54. The molecule has 0 spiro atoms. The summed E-state index contributed by atoms with van der Waals surface area (Å²) in [6.07, 6.45) is 4.88. The zero-order chi connectivity index (χ0) is 24.5. The van der Waals surface area contributed by atoms with Gasteiger partial charge in [-0.3, -0.25) is 4.79 Å². The molecule has 1 aliphatic rings. The van der Waals surface area contributed by atoms with Crippen LogP contribution in [-0.4, -0.2) is 44.9 Å². The lowest BCUT2D eigenvalue weighted by Gasteiger charge is -2.40. The quantitative estimate of drug-likeness (QED) is 0.424. The number of halogens is 2. The van der Waals surface area contributed by atoms with Gasteiger partial charge in [0.1, 0.15) is 17.2 Å².